The summed E-state index contributed by atoms with van der Waals surface area (Å²) in [7, 11) is 2.00. The molecule has 0 aromatic carbocycles. The van der Waals surface area contributed by atoms with Crippen molar-refractivity contribution in [1.82, 2.24) is 14.9 Å². The van der Waals surface area contributed by atoms with E-state index in [0.29, 0.717) is 12.1 Å². The van der Waals surface area contributed by atoms with Crippen molar-refractivity contribution in [3.05, 3.63) is 42.4 Å². The van der Waals surface area contributed by atoms with E-state index in [1.165, 1.54) is 0 Å². The van der Waals surface area contributed by atoms with E-state index in [2.05, 4.69) is 10.3 Å². The Kier molecular flexibility index (Phi) is 3.89. The minimum absolute atomic E-state index is 0.00224. The van der Waals surface area contributed by atoms with Gasteiger partial charge in [0.15, 0.2) is 0 Å². The highest BCUT2D eigenvalue weighted by atomic mass is 16.5. The van der Waals surface area contributed by atoms with Crippen LogP contribution < -0.4 is 5.32 Å². The van der Waals surface area contributed by atoms with Crippen LogP contribution in [-0.4, -0.2) is 28.3 Å². The Morgan fingerprint density at radius 1 is 1.55 bits per heavy atom. The Labute approximate surface area is 118 Å². The molecule has 3 rings (SSSR count). The zero-order valence-corrected chi connectivity index (χ0v) is 12.0. The Bertz CT molecular complexity index is 529. The number of hydrogen-bond donors (Lipinski definition) is 1. The van der Waals surface area contributed by atoms with E-state index in [9.17, 15) is 0 Å². The van der Waals surface area contributed by atoms with Crippen molar-refractivity contribution in [1.29, 1.82) is 0 Å². The first-order valence-electron chi connectivity index (χ1n) is 7.16. The number of nitrogens with zero attached hydrogens (tertiary/aromatic N) is 2. The summed E-state index contributed by atoms with van der Waals surface area (Å²) >= 11 is 0. The molecule has 2 aromatic heterocycles. The second kappa shape index (κ2) is 5.81. The van der Waals surface area contributed by atoms with Crippen LogP contribution in [0, 0.1) is 0 Å². The third kappa shape index (κ3) is 2.64. The fourth-order valence-corrected chi connectivity index (χ4v) is 2.70. The van der Waals surface area contributed by atoms with Crippen molar-refractivity contribution >= 4 is 0 Å². The van der Waals surface area contributed by atoms with Crippen LogP contribution in [0.25, 0.3) is 0 Å². The first kappa shape index (κ1) is 13.4. The van der Waals surface area contributed by atoms with Gasteiger partial charge in [0.2, 0.25) is 0 Å². The summed E-state index contributed by atoms with van der Waals surface area (Å²) in [6.07, 6.45) is 7.98. The van der Waals surface area contributed by atoms with E-state index in [1.807, 2.05) is 43.1 Å². The lowest BCUT2D eigenvalue weighted by Gasteiger charge is -2.37. The predicted molar refractivity (Wildman–Crippen MR) is 75.3 cm³/mol. The lowest BCUT2D eigenvalue weighted by atomic mass is 9.88. The number of hydrogen-bond acceptors (Lipinski definition) is 4. The number of aryl methyl sites for hydroxylation is 1. The van der Waals surface area contributed by atoms with Gasteiger partial charge in [0.05, 0.1) is 12.4 Å². The van der Waals surface area contributed by atoms with E-state index in [4.69, 9.17) is 9.15 Å². The van der Waals surface area contributed by atoms with Gasteiger partial charge in [-0.25, -0.2) is 4.98 Å². The van der Waals surface area contributed by atoms with Crippen molar-refractivity contribution in [2.75, 3.05) is 6.61 Å². The van der Waals surface area contributed by atoms with Crippen molar-refractivity contribution in [3.8, 4) is 0 Å². The van der Waals surface area contributed by atoms with Crippen LogP contribution in [-0.2, 0) is 11.8 Å². The van der Waals surface area contributed by atoms with Crippen LogP contribution in [0.3, 0.4) is 0 Å². The van der Waals surface area contributed by atoms with Gasteiger partial charge < -0.3 is 13.7 Å². The normalized spacial score (nSPS) is 23.5. The molecule has 20 heavy (non-hydrogen) atoms. The predicted octanol–water partition coefficient (Wildman–Crippen LogP) is 2.26. The quantitative estimate of drug-likeness (QED) is 0.878. The molecule has 1 N–H and O–H groups in total. The van der Waals surface area contributed by atoms with Crippen molar-refractivity contribution in [2.24, 2.45) is 7.05 Å². The third-order valence-corrected chi connectivity index (χ3v) is 3.84. The maximum atomic E-state index is 5.61. The summed E-state index contributed by atoms with van der Waals surface area (Å²) < 4.78 is 13.2. The summed E-state index contributed by atoms with van der Waals surface area (Å²) in [5.74, 6) is 1.87. The van der Waals surface area contributed by atoms with Gasteiger partial charge in [-0.15, -0.1) is 0 Å². The second-order valence-electron chi connectivity index (χ2n) is 5.26. The summed E-state index contributed by atoms with van der Waals surface area (Å²) in [4.78, 5) is 4.45. The molecule has 1 atom stereocenters. The first-order valence-corrected chi connectivity index (χ1v) is 7.16. The molecule has 0 saturated heterocycles. The van der Waals surface area contributed by atoms with E-state index in [0.717, 1.165) is 31.0 Å². The Balaban J connectivity index is 1.70. The molecule has 2 heterocycles. The SMILES string of the molecule is CCOC1CC(NC(c2ccco2)c2nccn2C)C1. The van der Waals surface area contributed by atoms with Gasteiger partial charge in [-0.2, -0.15) is 0 Å². The van der Waals surface area contributed by atoms with Crippen LogP contribution in [0.15, 0.2) is 35.2 Å². The van der Waals surface area contributed by atoms with E-state index >= 15 is 0 Å². The standard InChI is InChI=1S/C15H21N3O2/c1-3-19-12-9-11(10-12)17-14(13-5-4-8-20-13)15-16-6-7-18(15)2/h4-8,11-12,14,17H,3,9-10H2,1-2H3. The fraction of sp³-hybridized carbons (Fsp3) is 0.533. The number of aromatic nitrogens is 2. The van der Waals surface area contributed by atoms with Crippen molar-refractivity contribution in [3.63, 3.8) is 0 Å². The number of rotatable bonds is 6. The highest BCUT2D eigenvalue weighted by Gasteiger charge is 2.33. The minimum atomic E-state index is -0.00224. The molecule has 1 fully saturated rings. The Morgan fingerprint density at radius 3 is 3.00 bits per heavy atom. The molecule has 5 nitrogen and oxygen atoms in total. The molecule has 5 heteroatoms. The van der Waals surface area contributed by atoms with Gasteiger partial charge in [-0.05, 0) is 31.9 Å². The number of ether oxygens (including phenoxy) is 1. The first-order chi connectivity index (χ1) is 9.78. The lowest BCUT2D eigenvalue weighted by Crippen LogP contribution is -2.47. The van der Waals surface area contributed by atoms with Crippen LogP contribution in [0.4, 0.5) is 0 Å². The van der Waals surface area contributed by atoms with Crippen LogP contribution in [0.5, 0.6) is 0 Å². The van der Waals surface area contributed by atoms with Gasteiger partial charge in [0.1, 0.15) is 17.6 Å². The topological polar surface area (TPSA) is 52.2 Å². The van der Waals surface area contributed by atoms with E-state index in [1.54, 1.807) is 6.26 Å². The fourth-order valence-electron chi connectivity index (χ4n) is 2.70. The Hall–Kier alpha value is -1.59. The largest absolute Gasteiger partial charge is 0.467 e. The molecule has 0 radical (unpaired) electrons. The molecule has 0 spiro atoms. The zero-order valence-electron chi connectivity index (χ0n) is 12.0. The van der Waals surface area contributed by atoms with E-state index in [-0.39, 0.29) is 6.04 Å². The van der Waals surface area contributed by atoms with Gasteiger partial charge >= 0.3 is 0 Å². The summed E-state index contributed by atoms with van der Waals surface area (Å²) in [5, 5.41) is 3.63. The van der Waals surface area contributed by atoms with Gasteiger partial charge in [0.25, 0.3) is 0 Å². The summed E-state index contributed by atoms with van der Waals surface area (Å²) in [5.41, 5.74) is 0. The van der Waals surface area contributed by atoms with Gasteiger partial charge in [-0.3, -0.25) is 5.32 Å². The molecule has 0 amide bonds. The van der Waals surface area contributed by atoms with Gasteiger partial charge in [-0.1, -0.05) is 0 Å². The average molecular weight is 275 g/mol. The monoisotopic (exact) mass is 275 g/mol. The molecule has 1 unspecified atom stereocenters. The molecule has 1 saturated carbocycles. The minimum Gasteiger partial charge on any atom is -0.467 e. The number of imidazole rings is 1. The molecule has 0 bridgehead atoms. The second-order valence-corrected chi connectivity index (χ2v) is 5.26. The van der Waals surface area contributed by atoms with Crippen molar-refractivity contribution in [2.45, 2.75) is 38.0 Å². The molecule has 1 aliphatic carbocycles. The summed E-state index contributed by atoms with van der Waals surface area (Å²) in [6.45, 7) is 2.83. The Morgan fingerprint density at radius 2 is 2.40 bits per heavy atom. The molecule has 108 valence electrons. The van der Waals surface area contributed by atoms with Gasteiger partial charge in [0, 0.05) is 32.1 Å². The lowest BCUT2D eigenvalue weighted by molar-refractivity contribution is -0.0122. The third-order valence-electron chi connectivity index (χ3n) is 3.84. The highest BCUT2D eigenvalue weighted by molar-refractivity contribution is 5.16. The van der Waals surface area contributed by atoms with Crippen LogP contribution in [0.1, 0.15) is 37.4 Å². The number of furan rings is 1. The van der Waals surface area contributed by atoms with Crippen LogP contribution in [0.2, 0.25) is 0 Å². The zero-order chi connectivity index (χ0) is 13.9. The maximum Gasteiger partial charge on any atom is 0.133 e. The molecule has 0 aliphatic heterocycles. The maximum absolute atomic E-state index is 5.61. The summed E-state index contributed by atoms with van der Waals surface area (Å²) in [6, 6.07) is 4.36. The average Bonchev–Trinajstić information content (AvgIpc) is 3.04. The smallest absolute Gasteiger partial charge is 0.133 e. The van der Waals surface area contributed by atoms with Crippen LogP contribution >= 0.6 is 0 Å². The molecule has 2 aromatic rings. The highest BCUT2D eigenvalue weighted by Crippen LogP contribution is 2.29. The molecular formula is C15H21N3O2. The van der Waals surface area contributed by atoms with E-state index < -0.39 is 0 Å². The molecule has 1 aliphatic rings. The number of nitrogens with one attached hydrogen (secondary N) is 1. The molecular weight excluding hydrogens is 254 g/mol. The van der Waals surface area contributed by atoms with Crippen molar-refractivity contribution < 1.29 is 9.15 Å².